The molecule has 4 heteroatoms. The number of benzene rings is 1. The molecule has 96 valence electrons. The van der Waals surface area contributed by atoms with Crippen molar-refractivity contribution in [2.75, 3.05) is 0 Å². The van der Waals surface area contributed by atoms with E-state index in [9.17, 15) is 14.7 Å². The van der Waals surface area contributed by atoms with Gasteiger partial charge in [0, 0.05) is 12.0 Å². The Morgan fingerprint density at radius 1 is 1.21 bits per heavy atom. The van der Waals surface area contributed by atoms with E-state index in [0.717, 1.165) is 0 Å². The quantitative estimate of drug-likeness (QED) is 0.838. The van der Waals surface area contributed by atoms with Gasteiger partial charge in [-0.3, -0.25) is 9.59 Å². The SMILES string of the molecule is O=C1C[C@H](C(=O)c2ccco2)[C@@H](O)c2ccccc21. The van der Waals surface area contributed by atoms with Crippen molar-refractivity contribution in [3.05, 3.63) is 59.5 Å². The highest BCUT2D eigenvalue weighted by Gasteiger charge is 2.38. The van der Waals surface area contributed by atoms with Crippen molar-refractivity contribution in [1.82, 2.24) is 0 Å². The maximum absolute atomic E-state index is 12.2. The zero-order valence-corrected chi connectivity index (χ0v) is 10.1. The highest BCUT2D eigenvalue weighted by Crippen LogP contribution is 2.36. The van der Waals surface area contributed by atoms with E-state index in [-0.39, 0.29) is 23.7 Å². The molecule has 0 spiro atoms. The Balaban J connectivity index is 1.99. The Hall–Kier alpha value is -2.20. The largest absolute Gasteiger partial charge is 0.461 e. The third-order valence-electron chi connectivity index (χ3n) is 3.47. The zero-order chi connectivity index (χ0) is 13.4. The number of rotatable bonds is 2. The summed E-state index contributed by atoms with van der Waals surface area (Å²) in [5.41, 5.74) is 1.02. The van der Waals surface area contributed by atoms with Crippen LogP contribution in [0.15, 0.2) is 47.1 Å². The fraction of sp³-hybridized carbons (Fsp3) is 0.200. The summed E-state index contributed by atoms with van der Waals surface area (Å²) in [5.74, 6) is -1.05. The van der Waals surface area contributed by atoms with Crippen LogP contribution in [0.5, 0.6) is 0 Å². The minimum atomic E-state index is -0.966. The van der Waals surface area contributed by atoms with Gasteiger partial charge in [-0.25, -0.2) is 0 Å². The number of ketones is 2. The third kappa shape index (κ3) is 1.90. The van der Waals surface area contributed by atoms with Crippen LogP contribution in [0, 0.1) is 5.92 Å². The Labute approximate surface area is 109 Å². The molecule has 1 aliphatic carbocycles. The van der Waals surface area contributed by atoms with Crippen LogP contribution >= 0.6 is 0 Å². The second-order valence-corrected chi connectivity index (χ2v) is 4.61. The van der Waals surface area contributed by atoms with Crippen molar-refractivity contribution in [2.45, 2.75) is 12.5 Å². The fourth-order valence-corrected chi connectivity index (χ4v) is 2.48. The average molecular weight is 256 g/mol. The molecule has 4 nitrogen and oxygen atoms in total. The highest BCUT2D eigenvalue weighted by molar-refractivity contribution is 6.05. The summed E-state index contributed by atoms with van der Waals surface area (Å²) >= 11 is 0. The Bertz CT molecular complexity index is 627. The maximum atomic E-state index is 12.2. The molecule has 0 unspecified atom stereocenters. The van der Waals surface area contributed by atoms with Crippen molar-refractivity contribution >= 4 is 11.6 Å². The van der Waals surface area contributed by atoms with E-state index >= 15 is 0 Å². The lowest BCUT2D eigenvalue weighted by Gasteiger charge is -2.27. The number of furan rings is 1. The van der Waals surface area contributed by atoms with Gasteiger partial charge in [-0.1, -0.05) is 24.3 Å². The van der Waals surface area contributed by atoms with E-state index in [1.54, 1.807) is 36.4 Å². The molecule has 2 aromatic rings. The summed E-state index contributed by atoms with van der Waals surface area (Å²) in [4.78, 5) is 24.2. The summed E-state index contributed by atoms with van der Waals surface area (Å²) in [6, 6.07) is 10.00. The number of Topliss-reactive ketones (excluding diaryl/α,β-unsaturated/α-hetero) is 2. The van der Waals surface area contributed by atoms with Gasteiger partial charge in [-0.2, -0.15) is 0 Å². The lowest BCUT2D eigenvalue weighted by atomic mass is 9.78. The zero-order valence-electron chi connectivity index (χ0n) is 10.1. The van der Waals surface area contributed by atoms with Crippen molar-refractivity contribution < 1.29 is 19.1 Å². The summed E-state index contributed by atoms with van der Waals surface area (Å²) < 4.78 is 5.05. The molecule has 19 heavy (non-hydrogen) atoms. The number of fused-ring (bicyclic) bond motifs is 1. The first-order chi connectivity index (χ1) is 9.18. The van der Waals surface area contributed by atoms with Crippen LogP contribution in [0.25, 0.3) is 0 Å². The van der Waals surface area contributed by atoms with E-state index in [1.807, 2.05) is 0 Å². The minimum absolute atomic E-state index is 0.0116. The Morgan fingerprint density at radius 3 is 2.74 bits per heavy atom. The second kappa shape index (κ2) is 4.48. The fourth-order valence-electron chi connectivity index (χ4n) is 2.48. The van der Waals surface area contributed by atoms with Crippen LogP contribution in [-0.4, -0.2) is 16.7 Å². The third-order valence-corrected chi connectivity index (χ3v) is 3.47. The molecule has 3 rings (SSSR count). The van der Waals surface area contributed by atoms with Gasteiger partial charge < -0.3 is 9.52 Å². The molecule has 0 bridgehead atoms. The standard InChI is InChI=1S/C15H12O4/c16-12-8-11(15(18)13-6-3-7-19-13)14(17)10-5-2-1-4-9(10)12/h1-7,11,14,17H,8H2/t11-,14-/m0/s1. The molecular formula is C15H12O4. The van der Waals surface area contributed by atoms with Gasteiger partial charge in [0.15, 0.2) is 11.5 Å². The van der Waals surface area contributed by atoms with Crippen LogP contribution in [0.1, 0.15) is 39.0 Å². The minimum Gasteiger partial charge on any atom is -0.461 e. The van der Waals surface area contributed by atoms with Crippen molar-refractivity contribution in [3.63, 3.8) is 0 Å². The normalized spacial score (nSPS) is 22.1. The lowest BCUT2D eigenvalue weighted by molar-refractivity contribution is 0.0548. The van der Waals surface area contributed by atoms with Crippen molar-refractivity contribution in [2.24, 2.45) is 5.92 Å². The summed E-state index contributed by atoms with van der Waals surface area (Å²) in [7, 11) is 0. The van der Waals surface area contributed by atoms with E-state index < -0.39 is 12.0 Å². The molecule has 0 radical (unpaired) electrons. The van der Waals surface area contributed by atoms with E-state index in [4.69, 9.17) is 4.42 Å². The number of hydrogen-bond donors (Lipinski definition) is 1. The molecule has 0 saturated carbocycles. The van der Waals surface area contributed by atoms with E-state index in [1.165, 1.54) is 6.26 Å². The number of hydrogen-bond acceptors (Lipinski definition) is 4. The molecule has 0 amide bonds. The molecule has 1 aliphatic rings. The van der Waals surface area contributed by atoms with Crippen LogP contribution < -0.4 is 0 Å². The molecule has 1 aromatic heterocycles. The molecule has 0 saturated heterocycles. The monoisotopic (exact) mass is 256 g/mol. The highest BCUT2D eigenvalue weighted by atomic mass is 16.3. The van der Waals surface area contributed by atoms with Crippen LogP contribution in [0.4, 0.5) is 0 Å². The summed E-state index contributed by atoms with van der Waals surface area (Å²) in [5, 5.41) is 10.3. The summed E-state index contributed by atoms with van der Waals surface area (Å²) in [6.45, 7) is 0. The van der Waals surface area contributed by atoms with Crippen molar-refractivity contribution in [1.29, 1.82) is 0 Å². The molecule has 0 aliphatic heterocycles. The van der Waals surface area contributed by atoms with Crippen LogP contribution in [0.2, 0.25) is 0 Å². The molecule has 2 atom stereocenters. The van der Waals surface area contributed by atoms with E-state index in [0.29, 0.717) is 11.1 Å². The van der Waals surface area contributed by atoms with Gasteiger partial charge in [0.25, 0.3) is 0 Å². The van der Waals surface area contributed by atoms with Gasteiger partial charge >= 0.3 is 0 Å². The first-order valence-corrected chi connectivity index (χ1v) is 6.06. The van der Waals surface area contributed by atoms with Gasteiger partial charge in [0.1, 0.15) is 0 Å². The Morgan fingerprint density at radius 2 is 2.00 bits per heavy atom. The number of aliphatic hydroxyl groups is 1. The molecule has 0 fully saturated rings. The number of carbonyl (C=O) groups excluding carboxylic acids is 2. The first kappa shape index (κ1) is 11.9. The molecule has 1 N–H and O–H groups in total. The summed E-state index contributed by atoms with van der Waals surface area (Å²) in [6.07, 6.45) is 0.446. The van der Waals surface area contributed by atoms with Crippen LogP contribution in [0.3, 0.4) is 0 Å². The van der Waals surface area contributed by atoms with Crippen molar-refractivity contribution in [3.8, 4) is 0 Å². The predicted molar refractivity (Wildman–Crippen MR) is 66.9 cm³/mol. The van der Waals surface area contributed by atoms with Gasteiger partial charge in [0.2, 0.25) is 5.78 Å². The molecular weight excluding hydrogens is 244 g/mol. The predicted octanol–water partition coefficient (Wildman–Crippen LogP) is 2.40. The van der Waals surface area contributed by atoms with Gasteiger partial charge in [-0.05, 0) is 17.7 Å². The molecule has 1 aromatic carbocycles. The average Bonchev–Trinajstić information content (AvgIpc) is 2.96. The molecule has 1 heterocycles. The van der Waals surface area contributed by atoms with E-state index in [2.05, 4.69) is 0 Å². The number of carbonyl (C=O) groups is 2. The number of aliphatic hydroxyl groups excluding tert-OH is 1. The second-order valence-electron chi connectivity index (χ2n) is 4.61. The smallest absolute Gasteiger partial charge is 0.204 e. The van der Waals surface area contributed by atoms with Crippen LogP contribution in [-0.2, 0) is 0 Å². The van der Waals surface area contributed by atoms with Gasteiger partial charge in [-0.15, -0.1) is 0 Å². The maximum Gasteiger partial charge on any atom is 0.204 e. The topological polar surface area (TPSA) is 67.5 Å². The lowest BCUT2D eigenvalue weighted by Crippen LogP contribution is -2.30. The first-order valence-electron chi connectivity index (χ1n) is 6.06. The van der Waals surface area contributed by atoms with Gasteiger partial charge in [0.05, 0.1) is 18.3 Å². The Kier molecular flexibility index (Phi) is 2.80.